The number of primary sulfonamides is 1. The zero-order valence-corrected chi connectivity index (χ0v) is 17.3. The van der Waals surface area contributed by atoms with Gasteiger partial charge in [0.15, 0.2) is 5.69 Å². The van der Waals surface area contributed by atoms with Crippen LogP contribution in [0, 0.1) is 0 Å². The molecule has 176 valence electrons. The third-order valence-corrected chi connectivity index (χ3v) is 5.27. The number of hydrogen-bond donors (Lipinski definition) is 1. The zero-order valence-electron chi connectivity index (χ0n) is 16.5. The summed E-state index contributed by atoms with van der Waals surface area (Å²) in [5, 5.41) is 5.05. The highest BCUT2D eigenvalue weighted by molar-refractivity contribution is 7.89. The summed E-state index contributed by atoms with van der Waals surface area (Å²) in [6.45, 7) is 0. The molecular weight excluding hydrogens is 478 g/mol. The van der Waals surface area contributed by atoms with Crippen LogP contribution in [-0.4, -0.2) is 26.9 Å². The number of nitrogens with zero attached hydrogens (tertiary/aromatic N) is 1. The van der Waals surface area contributed by atoms with Crippen LogP contribution in [0.25, 0.3) is 22.3 Å². The first kappa shape index (κ1) is 24.3. The van der Waals surface area contributed by atoms with Gasteiger partial charge in [-0.2, -0.15) is 13.2 Å². The number of alkyl halides is 6. The maximum absolute atomic E-state index is 13.9. The Kier molecular flexibility index (Phi) is 6.31. The summed E-state index contributed by atoms with van der Waals surface area (Å²) in [6.07, 6.45) is -9.93. The lowest BCUT2D eigenvalue weighted by Gasteiger charge is -2.19. The van der Waals surface area contributed by atoms with Crippen LogP contribution in [0.15, 0.2) is 59.5 Å². The van der Waals surface area contributed by atoms with Gasteiger partial charge in [-0.05, 0) is 41.0 Å². The normalized spacial score (nSPS) is 12.5. The summed E-state index contributed by atoms with van der Waals surface area (Å²) in [5.41, 5.74) is -1.82. The number of rotatable bonds is 5. The number of ether oxygens (including phenoxy) is 2. The van der Waals surface area contributed by atoms with Crippen LogP contribution in [-0.2, 0) is 16.2 Å². The number of pyridine rings is 1. The minimum Gasteiger partial charge on any atom is -0.481 e. The van der Waals surface area contributed by atoms with Gasteiger partial charge in [0.25, 0.3) is 0 Å². The van der Waals surface area contributed by atoms with Crippen molar-refractivity contribution in [2.75, 3.05) is 7.11 Å². The second-order valence-corrected chi connectivity index (χ2v) is 8.14. The Bertz CT molecular complexity index is 1260. The Morgan fingerprint density at radius 1 is 0.879 bits per heavy atom. The molecule has 1 aromatic heterocycles. The summed E-state index contributed by atoms with van der Waals surface area (Å²) >= 11 is 0. The first-order valence-corrected chi connectivity index (χ1v) is 10.4. The first-order chi connectivity index (χ1) is 15.2. The lowest BCUT2D eigenvalue weighted by atomic mass is 9.93. The number of methoxy groups -OCH3 is 1. The molecule has 0 fully saturated rings. The molecule has 13 heteroatoms. The van der Waals surface area contributed by atoms with Gasteiger partial charge in [-0.15, -0.1) is 13.2 Å². The summed E-state index contributed by atoms with van der Waals surface area (Å²) < 4.78 is 111. The molecule has 0 saturated heterocycles. The summed E-state index contributed by atoms with van der Waals surface area (Å²) in [4.78, 5) is 3.22. The van der Waals surface area contributed by atoms with Crippen molar-refractivity contribution in [3.63, 3.8) is 0 Å². The maximum atomic E-state index is 13.9. The lowest BCUT2D eigenvalue weighted by molar-refractivity contribution is -0.274. The Labute approximate surface area is 183 Å². The average molecular weight is 492 g/mol. The Morgan fingerprint density at radius 2 is 1.42 bits per heavy atom. The fourth-order valence-electron chi connectivity index (χ4n) is 3.00. The summed E-state index contributed by atoms with van der Waals surface area (Å²) in [6, 6.07) is 9.63. The number of halogens is 6. The molecule has 2 N–H and O–H groups in total. The molecule has 0 aliphatic rings. The molecule has 0 amide bonds. The monoisotopic (exact) mass is 492 g/mol. The second kappa shape index (κ2) is 8.56. The van der Waals surface area contributed by atoms with Gasteiger partial charge in [-0.25, -0.2) is 18.5 Å². The minimum atomic E-state index is -4.98. The SMILES string of the molecule is COc1cc(-c2ccc(S(N)(=O)=O)cc2)c(-c2ccc(OC(F)(F)F)cc2)c(C(F)(F)F)n1. The molecular formula is C20H14F6N2O4S. The van der Waals surface area contributed by atoms with Crippen molar-refractivity contribution in [3.05, 3.63) is 60.3 Å². The lowest BCUT2D eigenvalue weighted by Crippen LogP contribution is -2.17. The van der Waals surface area contributed by atoms with Crippen LogP contribution in [0.1, 0.15) is 5.69 Å². The Balaban J connectivity index is 2.25. The quantitative estimate of drug-likeness (QED) is 0.507. The molecule has 3 rings (SSSR count). The molecule has 1 heterocycles. The van der Waals surface area contributed by atoms with Gasteiger partial charge in [-0.3, -0.25) is 0 Å². The standard InChI is InChI=1S/C20H14F6N2O4S/c1-31-16-10-15(11-4-8-14(9-5-11)33(27,29)30)17(18(28-16)19(21,22)23)12-2-6-13(7-3-12)32-20(24,25)26/h2-10H,1H3,(H2,27,29,30). The van der Waals surface area contributed by atoms with Crippen LogP contribution in [0.2, 0.25) is 0 Å². The van der Waals surface area contributed by atoms with Crippen molar-refractivity contribution >= 4 is 10.0 Å². The summed E-state index contributed by atoms with van der Waals surface area (Å²) in [7, 11) is -2.94. The largest absolute Gasteiger partial charge is 0.573 e. The van der Waals surface area contributed by atoms with Crippen LogP contribution >= 0.6 is 0 Å². The van der Waals surface area contributed by atoms with Gasteiger partial charge in [0.05, 0.1) is 12.0 Å². The van der Waals surface area contributed by atoms with E-state index in [2.05, 4.69) is 9.72 Å². The van der Waals surface area contributed by atoms with Gasteiger partial charge in [0.1, 0.15) is 5.75 Å². The first-order valence-electron chi connectivity index (χ1n) is 8.84. The average Bonchev–Trinajstić information content (AvgIpc) is 2.71. The molecule has 6 nitrogen and oxygen atoms in total. The molecule has 3 aromatic rings. The fourth-order valence-corrected chi connectivity index (χ4v) is 3.51. The zero-order chi connectivity index (χ0) is 24.6. The van der Waals surface area contributed by atoms with E-state index in [-0.39, 0.29) is 27.5 Å². The van der Waals surface area contributed by atoms with Gasteiger partial charge in [0.2, 0.25) is 15.9 Å². The molecule has 0 spiro atoms. The highest BCUT2D eigenvalue weighted by atomic mass is 32.2. The Hall–Kier alpha value is -3.32. The maximum Gasteiger partial charge on any atom is 0.573 e. The molecule has 0 aliphatic carbocycles. The van der Waals surface area contributed by atoms with Gasteiger partial charge < -0.3 is 9.47 Å². The number of hydrogen-bond acceptors (Lipinski definition) is 5. The van der Waals surface area contributed by atoms with E-state index < -0.39 is 39.6 Å². The van der Waals surface area contributed by atoms with Crippen molar-refractivity contribution in [1.82, 2.24) is 4.98 Å². The molecule has 0 unspecified atom stereocenters. The number of aromatic nitrogens is 1. The van der Waals surface area contributed by atoms with Crippen molar-refractivity contribution in [2.45, 2.75) is 17.4 Å². The van der Waals surface area contributed by atoms with E-state index in [1.54, 1.807) is 0 Å². The van der Waals surface area contributed by atoms with Gasteiger partial charge in [0, 0.05) is 11.6 Å². The fraction of sp³-hybridized carbons (Fsp3) is 0.150. The topological polar surface area (TPSA) is 91.5 Å². The molecule has 0 radical (unpaired) electrons. The number of nitrogens with two attached hydrogens (primary N) is 1. The number of sulfonamides is 1. The van der Waals surface area contributed by atoms with Crippen molar-refractivity contribution in [2.24, 2.45) is 5.14 Å². The third kappa shape index (κ3) is 5.73. The predicted octanol–water partition coefficient (Wildman–Crippen LogP) is 4.99. The molecule has 2 aromatic carbocycles. The number of benzene rings is 2. The molecule has 0 aliphatic heterocycles. The van der Waals surface area contributed by atoms with Crippen LogP contribution in [0.3, 0.4) is 0 Å². The molecule has 0 atom stereocenters. The van der Waals surface area contributed by atoms with Gasteiger partial charge >= 0.3 is 12.5 Å². The van der Waals surface area contributed by atoms with Gasteiger partial charge in [-0.1, -0.05) is 24.3 Å². The minimum absolute atomic E-state index is 0.0559. The van der Waals surface area contributed by atoms with E-state index in [1.165, 1.54) is 18.2 Å². The highest BCUT2D eigenvalue weighted by Crippen LogP contribution is 2.43. The predicted molar refractivity (Wildman–Crippen MR) is 105 cm³/mol. The van der Waals surface area contributed by atoms with Crippen LogP contribution in [0.5, 0.6) is 11.6 Å². The van der Waals surface area contributed by atoms with E-state index in [9.17, 15) is 34.8 Å². The van der Waals surface area contributed by atoms with E-state index in [0.717, 1.165) is 43.5 Å². The van der Waals surface area contributed by atoms with Crippen molar-refractivity contribution in [1.29, 1.82) is 0 Å². The third-order valence-electron chi connectivity index (χ3n) is 4.34. The molecule has 0 saturated carbocycles. The molecule has 33 heavy (non-hydrogen) atoms. The van der Waals surface area contributed by atoms with Crippen LogP contribution in [0.4, 0.5) is 26.3 Å². The van der Waals surface area contributed by atoms with Crippen molar-refractivity contribution in [3.8, 4) is 33.9 Å². The molecule has 0 bridgehead atoms. The van der Waals surface area contributed by atoms with E-state index in [4.69, 9.17) is 9.88 Å². The van der Waals surface area contributed by atoms with Crippen molar-refractivity contribution < 1.29 is 44.2 Å². The highest BCUT2D eigenvalue weighted by Gasteiger charge is 2.38. The van der Waals surface area contributed by atoms with E-state index >= 15 is 0 Å². The van der Waals surface area contributed by atoms with E-state index in [1.807, 2.05) is 0 Å². The second-order valence-electron chi connectivity index (χ2n) is 6.58. The van der Waals surface area contributed by atoms with Crippen LogP contribution < -0.4 is 14.6 Å². The van der Waals surface area contributed by atoms with E-state index in [0.29, 0.717) is 0 Å². The smallest absolute Gasteiger partial charge is 0.481 e. The summed E-state index contributed by atoms with van der Waals surface area (Å²) in [5.74, 6) is -1.01. The Morgan fingerprint density at radius 3 is 1.88 bits per heavy atom.